The first-order valence-corrected chi connectivity index (χ1v) is 57.9. The van der Waals surface area contributed by atoms with E-state index in [9.17, 15) is 0 Å². The third-order valence-electron chi connectivity index (χ3n) is 29.1. The summed E-state index contributed by atoms with van der Waals surface area (Å²) in [5, 5.41) is 19.0. The molecule has 13 aromatic carbocycles. The predicted octanol–water partition coefficient (Wildman–Crippen LogP) is 25.7. The van der Waals surface area contributed by atoms with Gasteiger partial charge in [-0.2, -0.15) is 22.8 Å². The van der Waals surface area contributed by atoms with Crippen LogP contribution in [-0.4, -0.2) is 39.2 Å². The maximum atomic E-state index is 9.01. The Morgan fingerprint density at radius 2 is 0.504 bits per heavy atom. The van der Waals surface area contributed by atoms with Crippen LogP contribution in [0.4, 0.5) is 0 Å². The van der Waals surface area contributed by atoms with Crippen molar-refractivity contribution in [3.63, 3.8) is 0 Å². The summed E-state index contributed by atoms with van der Waals surface area (Å²) in [6.45, 7) is 37.3. The van der Waals surface area contributed by atoms with Gasteiger partial charge in [-0.1, -0.05) is 325 Å². The molecule has 0 fully saturated rings. The van der Waals surface area contributed by atoms with E-state index in [-0.39, 0.29) is 0 Å². The molecule has 698 valence electrons. The third-order valence-corrected chi connectivity index (χ3v) is 39.7. The highest BCUT2D eigenvalue weighted by molar-refractivity contribution is 7.01. The van der Waals surface area contributed by atoms with Crippen molar-refractivity contribution in [1.29, 1.82) is 0 Å². The average molecular weight is 1890 g/mol. The molecule has 0 aliphatic rings. The fourth-order valence-electron chi connectivity index (χ4n) is 19.8. The Hall–Kier alpha value is -15.0. The van der Waals surface area contributed by atoms with Crippen LogP contribution in [0.1, 0.15) is 68.7 Å². The molecule has 0 aliphatic heterocycles. The van der Waals surface area contributed by atoms with Crippen LogP contribution in [0.3, 0.4) is 0 Å². The quantitative estimate of drug-likeness (QED) is 0.0805. The van der Waals surface area contributed by atoms with Crippen LogP contribution in [0.5, 0.6) is 0 Å². The van der Waals surface area contributed by atoms with Crippen LogP contribution in [0.2, 0.25) is 39.3 Å². The van der Waals surface area contributed by atoms with Gasteiger partial charge >= 0.3 is 0 Å². The molecule has 0 saturated carbocycles. The number of hydrogen-bond acceptors (Lipinski definition) is 3. The Bertz CT molecular complexity index is 8370. The maximum absolute atomic E-state index is 9.01. The van der Waals surface area contributed by atoms with Crippen LogP contribution in [0.15, 0.2) is 395 Å². The number of hydrogen-bond donors (Lipinski definition) is 0. The van der Waals surface area contributed by atoms with E-state index in [0.717, 1.165) is 133 Å². The lowest BCUT2D eigenvalue weighted by Gasteiger charge is -2.24. The van der Waals surface area contributed by atoms with Crippen LogP contribution in [0.25, 0.3) is 144 Å². The van der Waals surface area contributed by atoms with Gasteiger partial charge in [-0.15, -0.1) is 0 Å². The van der Waals surface area contributed by atoms with Gasteiger partial charge in [-0.05, 0) is 203 Å². The molecule has 8 heterocycles. The molecule has 0 N–H and O–H groups in total. The minimum Gasteiger partial charge on any atom is -0.264 e. The van der Waals surface area contributed by atoms with Gasteiger partial charge < -0.3 is 0 Å². The zero-order valence-electron chi connectivity index (χ0n) is 90.7. The first-order chi connectivity index (χ1) is 70.0. The average Bonchev–Trinajstić information content (AvgIpc) is 0.755. The first kappa shape index (κ1) is 91.1. The summed E-state index contributed by atoms with van der Waals surface area (Å²) >= 11 is 0. The molecule has 8 nitrogen and oxygen atoms in total. The topological polar surface area (TPSA) is 58.1 Å². The van der Waals surface area contributed by atoms with Crippen molar-refractivity contribution in [2.24, 2.45) is 35.2 Å². The van der Waals surface area contributed by atoms with Crippen molar-refractivity contribution < 1.29 is 29.7 Å². The number of rotatable bonds is 14. The molecule has 8 aromatic heterocycles. The second-order valence-electron chi connectivity index (χ2n) is 39.4. The van der Waals surface area contributed by atoms with E-state index >= 15 is 0 Å². The monoisotopic (exact) mass is 1890 g/mol. The first-order valence-electron chi connectivity index (χ1n) is 51.4. The molecule has 21 aromatic rings. The number of nitrogens with zero attached hydrogens (tertiary/aromatic N) is 8. The summed E-state index contributed by atoms with van der Waals surface area (Å²) in [6.07, 6.45) is 11.2. The van der Waals surface area contributed by atoms with E-state index in [4.69, 9.17) is 6.85 Å². The fraction of sp³-hybridized carbons (Fsp3) is 0.169. The Morgan fingerprint density at radius 3 is 0.894 bits per heavy atom. The molecule has 0 saturated heterocycles. The highest BCUT2D eigenvalue weighted by Gasteiger charge is 2.33. The van der Waals surface area contributed by atoms with Gasteiger partial charge in [-0.25, -0.2) is 0 Å². The zero-order valence-corrected chi connectivity index (χ0v) is 88.7. The van der Waals surface area contributed by atoms with Gasteiger partial charge in [-0.3, -0.25) is 15.0 Å². The van der Waals surface area contributed by atoms with E-state index in [1.807, 2.05) is 90.0 Å². The lowest BCUT2D eigenvalue weighted by Crippen LogP contribution is -2.52. The molecule has 0 aliphatic carbocycles. The predicted molar refractivity (Wildman–Crippen MR) is 604 cm³/mol. The van der Waals surface area contributed by atoms with Crippen molar-refractivity contribution >= 4 is 109 Å². The highest BCUT2D eigenvalue weighted by atomic mass is 28.3. The van der Waals surface area contributed by atoms with E-state index < -0.39 is 24.2 Å². The summed E-state index contributed by atoms with van der Waals surface area (Å²) in [6, 6.07) is 119. The molecule has 0 radical (unpaired) electrons. The minimum atomic E-state index is -1.88. The summed E-state index contributed by atoms with van der Waals surface area (Å²) < 4.78 is 54.8. The third kappa shape index (κ3) is 20.3. The lowest BCUT2D eigenvalue weighted by molar-refractivity contribution is -0.665. The van der Waals surface area contributed by atoms with Crippen LogP contribution < -0.4 is 54.0 Å². The normalized spacial score (nSPS) is 12.0. The lowest BCUT2D eigenvalue weighted by atomic mass is 9.95. The Balaban J connectivity index is 0.000000125. The molecule has 0 amide bonds. The largest absolute Gasteiger partial charge is 0.264 e. The van der Waals surface area contributed by atoms with Crippen LogP contribution in [0, 0.1) is 76.2 Å². The smallest absolute Gasteiger partial charge is 0.222 e. The fourth-order valence-corrected chi connectivity index (χ4v) is 26.9. The number of aromatic nitrogens is 8. The van der Waals surface area contributed by atoms with E-state index in [2.05, 4.69) is 457 Å². The molecular formula is C130H131N8Si3+5. The Morgan fingerprint density at radius 1 is 0.206 bits per heavy atom. The zero-order chi connectivity index (χ0) is 104. The van der Waals surface area contributed by atoms with Crippen molar-refractivity contribution in [2.75, 3.05) is 0 Å². The molecule has 0 bridgehead atoms. The van der Waals surface area contributed by atoms with Gasteiger partial charge in [0.05, 0.1) is 50.5 Å². The van der Waals surface area contributed by atoms with Crippen molar-refractivity contribution in [3.05, 3.63) is 457 Å². The number of pyridine rings is 8. The van der Waals surface area contributed by atoms with Gasteiger partial charge in [0, 0.05) is 119 Å². The van der Waals surface area contributed by atoms with E-state index in [0.29, 0.717) is 30.2 Å². The second-order valence-corrected chi connectivity index (χ2v) is 52.6. The molecule has 141 heavy (non-hydrogen) atoms. The summed E-state index contributed by atoms with van der Waals surface area (Å²) in [5.41, 5.74) is 30.8. The SMILES string of the molecule is [2H]c1c(C)[n+](C)c(-c2cc(-c3cccnc3)ccc2C)c2ccc([Si](C)(C)c3ccccc3)cc12.[2H]c1c(C)[n+](C)c(-c2cc(C)ccc2C)c2ccc(-c3ccccc3)cc12.[2H]c1c(C)[n+](C)c(-c2ccccc2C)c2ccc(-c3ccccc3)cc12.[2H]c1c(C)[n+](C)c(-c2ccncc2C)c2ccc([Si](C)(C)c3ccccc3)cc12.[2H]c1c(C)[n+](C)c(-c2cnccc2C)c2ccc([Si](C)(C)c3ccccc3)cc12. The standard InChI is InChI=1S/C31H31N2Si.2C25H27N2Si.C25H24N.C24H22N/c1-22-13-14-24(25-10-9-17-32-21-25)20-30(22)31-29-16-15-28(19-26(29)18-23(2)33(31)3)34(4,5)27-11-7-6-8-12-27;1-18-17-26-14-13-23(18)25-24-12-11-22(16-20(24)15-19(2)27(25)3)28(4,5)21-9-7-6-8-10-21;1-18-13-14-26-17-24(18)25-23-12-11-22(16-20(23)15-19(2)27(25)3)28(4,5)21-9-7-6-8-10-21;1-17-10-11-18(2)24(14-17)25-23-13-12-21(20-8-6-5-7-9-20)16-22(23)15-19(3)26(25)4;1-17-9-7-8-12-22(17)24-23-14-13-20(19-10-5-4-6-11-19)16-21(23)15-18(2)25(24)3/h6-21H,1-5H3;2*6-17H,1-5H3;5-16H,1-4H3;4-16H,1-3H3/q5*+1/i18D;4*15D. The molecule has 11 heteroatoms. The van der Waals surface area contributed by atoms with Crippen molar-refractivity contribution in [3.8, 4) is 89.7 Å². The summed E-state index contributed by atoms with van der Waals surface area (Å²) in [7, 11) is 4.74. The Labute approximate surface area is 845 Å². The van der Waals surface area contributed by atoms with Crippen LogP contribution >= 0.6 is 0 Å². The van der Waals surface area contributed by atoms with E-state index in [1.54, 1.807) is 6.20 Å². The molecule has 21 rings (SSSR count). The molecular weight excluding hydrogens is 1760 g/mol. The molecule has 0 spiro atoms. The molecule has 0 unspecified atom stereocenters. The summed E-state index contributed by atoms with van der Waals surface area (Å²) in [4.78, 5) is 12.9. The number of aryl methyl sites for hydroxylation is 6. The highest BCUT2D eigenvalue weighted by Crippen LogP contribution is 2.38. The van der Waals surface area contributed by atoms with E-state index in [1.165, 1.54) is 104 Å². The summed E-state index contributed by atoms with van der Waals surface area (Å²) in [5.74, 6) is 0. The molecule has 0 atom stereocenters. The van der Waals surface area contributed by atoms with Crippen molar-refractivity contribution in [2.45, 2.75) is 115 Å². The van der Waals surface area contributed by atoms with Gasteiger partial charge in [0.2, 0.25) is 28.5 Å². The van der Waals surface area contributed by atoms with Gasteiger partial charge in [0.15, 0.2) is 28.5 Å². The minimum absolute atomic E-state index is 0.595. The number of fused-ring (bicyclic) bond motifs is 5. The maximum Gasteiger partial charge on any atom is 0.222 e. The van der Waals surface area contributed by atoms with Gasteiger partial charge in [0.25, 0.3) is 0 Å². The van der Waals surface area contributed by atoms with Crippen molar-refractivity contribution in [1.82, 2.24) is 15.0 Å². The van der Waals surface area contributed by atoms with Gasteiger partial charge in [0.1, 0.15) is 59.5 Å². The Kier molecular flexibility index (Phi) is 26.9. The number of benzene rings is 13. The van der Waals surface area contributed by atoms with Crippen LogP contribution in [-0.2, 0) is 35.2 Å². The second kappa shape index (κ2) is 41.6.